The first-order valence-corrected chi connectivity index (χ1v) is 4.43. The number of aromatic nitrogens is 1. The minimum atomic E-state index is -1.52. The Labute approximate surface area is 85.8 Å². The molecule has 1 aromatic carbocycles. The zero-order chi connectivity index (χ0) is 10.8. The molecule has 1 atom stereocenters. The number of rotatable bonds is 2. The number of aliphatic hydroxyl groups is 1. The van der Waals surface area contributed by atoms with E-state index in [0.717, 1.165) is 5.39 Å². The number of aliphatic carboxylic acids is 1. The standard InChI is InChI=1S/C11H9NO3/c13-10(11(14)15)9-6-12-5-7-3-1-2-4-8(7)9/h1-6,10,13H,(H,14,15). The topological polar surface area (TPSA) is 70.4 Å². The van der Waals surface area contributed by atoms with Crippen molar-refractivity contribution in [3.63, 3.8) is 0 Å². The molecule has 15 heavy (non-hydrogen) atoms. The summed E-state index contributed by atoms with van der Waals surface area (Å²) in [5.41, 5.74) is 0.320. The Balaban J connectivity index is 2.65. The highest BCUT2D eigenvalue weighted by Crippen LogP contribution is 2.22. The number of carbonyl (C=O) groups is 1. The van der Waals surface area contributed by atoms with Crippen LogP contribution in [0.4, 0.5) is 0 Å². The van der Waals surface area contributed by atoms with E-state index in [2.05, 4.69) is 4.98 Å². The Morgan fingerprint density at radius 1 is 1.27 bits per heavy atom. The first kappa shape index (κ1) is 9.61. The minimum absolute atomic E-state index is 0.320. The quantitative estimate of drug-likeness (QED) is 0.772. The maximum absolute atomic E-state index is 10.7. The summed E-state index contributed by atoms with van der Waals surface area (Å²) in [4.78, 5) is 14.6. The largest absolute Gasteiger partial charge is 0.479 e. The molecule has 0 aliphatic heterocycles. The van der Waals surface area contributed by atoms with Crippen molar-refractivity contribution in [1.29, 1.82) is 0 Å². The third-order valence-corrected chi connectivity index (χ3v) is 2.23. The summed E-state index contributed by atoms with van der Waals surface area (Å²) >= 11 is 0. The van der Waals surface area contributed by atoms with Crippen LogP contribution in [0.3, 0.4) is 0 Å². The van der Waals surface area contributed by atoms with E-state index >= 15 is 0 Å². The SMILES string of the molecule is O=C(O)C(O)c1cncc2ccccc12. The lowest BCUT2D eigenvalue weighted by atomic mass is 10.0. The van der Waals surface area contributed by atoms with E-state index in [9.17, 15) is 9.90 Å². The van der Waals surface area contributed by atoms with E-state index < -0.39 is 12.1 Å². The van der Waals surface area contributed by atoms with Crippen molar-refractivity contribution in [1.82, 2.24) is 4.98 Å². The fourth-order valence-electron chi connectivity index (χ4n) is 1.49. The van der Waals surface area contributed by atoms with E-state index in [1.54, 1.807) is 18.3 Å². The Kier molecular flexibility index (Phi) is 2.35. The predicted octanol–water partition coefficient (Wildman–Crippen LogP) is 1.35. The number of carboxylic acids is 1. The number of hydrogen-bond acceptors (Lipinski definition) is 3. The normalized spacial score (nSPS) is 12.6. The third kappa shape index (κ3) is 1.67. The van der Waals surface area contributed by atoms with Crippen molar-refractivity contribution in [2.75, 3.05) is 0 Å². The molecular formula is C11H9NO3. The summed E-state index contributed by atoms with van der Waals surface area (Å²) < 4.78 is 0. The molecule has 76 valence electrons. The number of fused-ring (bicyclic) bond motifs is 1. The van der Waals surface area contributed by atoms with Crippen molar-refractivity contribution in [2.24, 2.45) is 0 Å². The Hall–Kier alpha value is -1.94. The second-order valence-electron chi connectivity index (χ2n) is 3.19. The maximum atomic E-state index is 10.7. The minimum Gasteiger partial charge on any atom is -0.479 e. The molecule has 4 heteroatoms. The number of nitrogens with zero attached hydrogens (tertiary/aromatic N) is 1. The zero-order valence-electron chi connectivity index (χ0n) is 7.79. The Morgan fingerprint density at radius 2 is 2.00 bits per heavy atom. The van der Waals surface area contributed by atoms with E-state index in [1.807, 2.05) is 12.1 Å². The van der Waals surface area contributed by atoms with Gasteiger partial charge in [0.15, 0.2) is 6.10 Å². The van der Waals surface area contributed by atoms with Gasteiger partial charge in [0.2, 0.25) is 0 Å². The number of aliphatic hydroxyl groups excluding tert-OH is 1. The molecule has 0 amide bonds. The molecule has 0 saturated carbocycles. The number of benzene rings is 1. The first-order chi connectivity index (χ1) is 7.20. The number of hydrogen-bond donors (Lipinski definition) is 2. The fraction of sp³-hybridized carbons (Fsp3) is 0.0909. The average molecular weight is 203 g/mol. The molecule has 0 radical (unpaired) electrons. The molecule has 2 aromatic rings. The summed E-state index contributed by atoms with van der Waals surface area (Å²) in [7, 11) is 0. The molecule has 0 fully saturated rings. The van der Waals surface area contributed by atoms with Gasteiger partial charge in [-0.1, -0.05) is 24.3 Å². The third-order valence-electron chi connectivity index (χ3n) is 2.23. The molecule has 0 aliphatic rings. The molecule has 1 heterocycles. The van der Waals surface area contributed by atoms with Crippen LogP contribution in [-0.4, -0.2) is 21.2 Å². The number of pyridine rings is 1. The zero-order valence-corrected chi connectivity index (χ0v) is 7.79. The monoisotopic (exact) mass is 203 g/mol. The van der Waals surface area contributed by atoms with Crippen LogP contribution >= 0.6 is 0 Å². The van der Waals surface area contributed by atoms with E-state index in [-0.39, 0.29) is 0 Å². The van der Waals surface area contributed by atoms with Crippen LogP contribution in [0.1, 0.15) is 11.7 Å². The lowest BCUT2D eigenvalue weighted by Crippen LogP contribution is -2.11. The molecule has 2 rings (SSSR count). The average Bonchev–Trinajstić information content (AvgIpc) is 2.27. The van der Waals surface area contributed by atoms with Gasteiger partial charge in [0.25, 0.3) is 0 Å². The van der Waals surface area contributed by atoms with Crippen molar-refractivity contribution in [3.05, 3.63) is 42.2 Å². The molecular weight excluding hydrogens is 194 g/mol. The van der Waals surface area contributed by atoms with Crippen LogP contribution in [0.5, 0.6) is 0 Å². The smallest absolute Gasteiger partial charge is 0.337 e. The van der Waals surface area contributed by atoms with Crippen LogP contribution in [0, 0.1) is 0 Å². The van der Waals surface area contributed by atoms with Crippen molar-refractivity contribution in [2.45, 2.75) is 6.10 Å². The predicted molar refractivity (Wildman–Crippen MR) is 54.3 cm³/mol. The van der Waals surface area contributed by atoms with Crippen LogP contribution in [0.15, 0.2) is 36.7 Å². The summed E-state index contributed by atoms with van der Waals surface area (Å²) in [6, 6.07) is 7.21. The van der Waals surface area contributed by atoms with Crippen molar-refractivity contribution in [3.8, 4) is 0 Å². The second-order valence-corrected chi connectivity index (χ2v) is 3.19. The lowest BCUT2D eigenvalue weighted by molar-refractivity contribution is -0.146. The molecule has 0 aliphatic carbocycles. The highest BCUT2D eigenvalue weighted by atomic mass is 16.4. The summed E-state index contributed by atoms with van der Waals surface area (Å²) in [5.74, 6) is -1.27. The van der Waals surface area contributed by atoms with Gasteiger partial charge in [-0.15, -0.1) is 0 Å². The van der Waals surface area contributed by atoms with Crippen LogP contribution in [-0.2, 0) is 4.79 Å². The van der Waals surface area contributed by atoms with E-state index in [1.165, 1.54) is 6.20 Å². The molecule has 0 saturated heterocycles. The van der Waals surface area contributed by atoms with Gasteiger partial charge in [-0.3, -0.25) is 4.98 Å². The molecule has 1 aromatic heterocycles. The first-order valence-electron chi connectivity index (χ1n) is 4.43. The molecule has 1 unspecified atom stereocenters. The van der Waals surface area contributed by atoms with Crippen LogP contribution in [0.25, 0.3) is 10.8 Å². The van der Waals surface area contributed by atoms with Crippen LogP contribution in [0.2, 0.25) is 0 Å². The second kappa shape index (κ2) is 3.67. The van der Waals surface area contributed by atoms with Crippen molar-refractivity contribution >= 4 is 16.7 Å². The van der Waals surface area contributed by atoms with Gasteiger partial charge < -0.3 is 10.2 Å². The highest BCUT2D eigenvalue weighted by molar-refractivity contribution is 5.89. The fourth-order valence-corrected chi connectivity index (χ4v) is 1.49. The summed E-state index contributed by atoms with van der Waals surface area (Å²) in [6.07, 6.45) is 1.48. The van der Waals surface area contributed by atoms with Gasteiger partial charge in [0, 0.05) is 23.3 Å². The van der Waals surface area contributed by atoms with E-state index in [4.69, 9.17) is 5.11 Å². The highest BCUT2D eigenvalue weighted by Gasteiger charge is 2.18. The van der Waals surface area contributed by atoms with Gasteiger partial charge in [-0.05, 0) is 5.39 Å². The summed E-state index contributed by atoms with van der Waals surface area (Å²) in [6.45, 7) is 0. The summed E-state index contributed by atoms with van der Waals surface area (Å²) in [5, 5.41) is 19.7. The Bertz CT molecular complexity index is 505. The van der Waals surface area contributed by atoms with Crippen molar-refractivity contribution < 1.29 is 15.0 Å². The maximum Gasteiger partial charge on any atom is 0.337 e. The molecule has 2 N–H and O–H groups in total. The molecule has 4 nitrogen and oxygen atoms in total. The van der Waals surface area contributed by atoms with Gasteiger partial charge in [-0.2, -0.15) is 0 Å². The number of carboxylic acid groups (broad SMARTS) is 1. The van der Waals surface area contributed by atoms with Gasteiger partial charge in [0.05, 0.1) is 0 Å². The van der Waals surface area contributed by atoms with Gasteiger partial charge in [0.1, 0.15) is 0 Å². The van der Waals surface area contributed by atoms with Gasteiger partial charge >= 0.3 is 5.97 Å². The van der Waals surface area contributed by atoms with Gasteiger partial charge in [-0.25, -0.2) is 4.79 Å². The Morgan fingerprint density at radius 3 is 2.73 bits per heavy atom. The lowest BCUT2D eigenvalue weighted by Gasteiger charge is -2.08. The van der Waals surface area contributed by atoms with E-state index in [0.29, 0.717) is 10.9 Å². The van der Waals surface area contributed by atoms with Crippen LogP contribution < -0.4 is 0 Å². The molecule has 0 bridgehead atoms. The molecule has 0 spiro atoms.